The van der Waals surface area contributed by atoms with Crippen molar-refractivity contribution >= 4 is 6.09 Å². The first-order valence-corrected chi connectivity index (χ1v) is 11.3. The third-order valence-electron chi connectivity index (χ3n) is 6.78. The second-order valence-electron chi connectivity index (χ2n) is 10.5. The molecule has 1 aromatic rings. The normalized spacial score (nSPS) is 26.9. The fraction of sp³-hybridized carbons (Fsp3) is 0.720. The maximum Gasteiger partial charge on any atom is 0.407 e. The number of carbonyl (C=O) groups is 1. The van der Waals surface area contributed by atoms with Crippen LogP contribution in [0, 0.1) is 5.92 Å². The summed E-state index contributed by atoms with van der Waals surface area (Å²) < 4.78 is 11.4. The van der Waals surface area contributed by atoms with Crippen LogP contribution in [0.15, 0.2) is 12.1 Å². The van der Waals surface area contributed by atoms with Crippen LogP contribution >= 0.6 is 0 Å². The molecule has 3 atom stereocenters. The lowest BCUT2D eigenvalue weighted by Gasteiger charge is -2.49. The predicted molar refractivity (Wildman–Crippen MR) is 118 cm³/mol. The van der Waals surface area contributed by atoms with Crippen molar-refractivity contribution in [2.75, 3.05) is 7.11 Å². The second-order valence-corrected chi connectivity index (χ2v) is 10.5. The summed E-state index contributed by atoms with van der Waals surface area (Å²) in [5.41, 5.74) is 3.46. The van der Waals surface area contributed by atoms with Crippen molar-refractivity contribution < 1.29 is 14.3 Å². The lowest BCUT2D eigenvalue weighted by Crippen LogP contribution is -2.57. The molecule has 0 aromatic heterocycles. The van der Waals surface area contributed by atoms with Crippen LogP contribution in [0.5, 0.6) is 5.75 Å². The first-order chi connectivity index (χ1) is 13.5. The van der Waals surface area contributed by atoms with E-state index in [0.29, 0.717) is 11.8 Å². The lowest BCUT2D eigenvalue weighted by molar-refractivity contribution is 0.0417. The molecule has 1 amide bonds. The fourth-order valence-electron chi connectivity index (χ4n) is 5.41. The van der Waals surface area contributed by atoms with E-state index in [1.54, 1.807) is 7.11 Å². The van der Waals surface area contributed by atoms with Crippen LogP contribution < -0.4 is 10.1 Å². The number of ether oxygens (including phenoxy) is 2. The van der Waals surface area contributed by atoms with E-state index in [-0.39, 0.29) is 17.6 Å². The van der Waals surface area contributed by atoms with Crippen LogP contribution in [0.3, 0.4) is 0 Å². The Bertz CT molecular complexity index is 749. The molecule has 3 rings (SSSR count). The number of amides is 1. The third kappa shape index (κ3) is 4.57. The maximum absolute atomic E-state index is 12.7. The van der Waals surface area contributed by atoms with E-state index in [0.717, 1.165) is 25.0 Å². The van der Waals surface area contributed by atoms with Crippen LogP contribution in [0.4, 0.5) is 4.79 Å². The first-order valence-electron chi connectivity index (χ1n) is 11.3. The summed E-state index contributed by atoms with van der Waals surface area (Å²) in [5, 5.41) is 3.30. The molecule has 29 heavy (non-hydrogen) atoms. The Morgan fingerprint density at radius 1 is 1.21 bits per heavy atom. The number of nitrogens with one attached hydrogen (secondary N) is 1. The van der Waals surface area contributed by atoms with E-state index in [2.05, 4.69) is 38.2 Å². The summed E-state index contributed by atoms with van der Waals surface area (Å²) >= 11 is 0. The molecule has 1 aromatic carbocycles. The van der Waals surface area contributed by atoms with E-state index in [4.69, 9.17) is 9.47 Å². The van der Waals surface area contributed by atoms with Crippen molar-refractivity contribution in [3.05, 3.63) is 28.8 Å². The van der Waals surface area contributed by atoms with Gasteiger partial charge in [0.05, 0.1) is 7.11 Å². The van der Waals surface area contributed by atoms with Crippen LogP contribution in [0.1, 0.15) is 96.3 Å². The average Bonchev–Trinajstić information content (AvgIpc) is 2.61. The van der Waals surface area contributed by atoms with Gasteiger partial charge in [-0.1, -0.05) is 46.1 Å². The molecule has 2 bridgehead atoms. The summed E-state index contributed by atoms with van der Waals surface area (Å²) in [7, 11) is 1.76. The topological polar surface area (TPSA) is 47.6 Å². The quantitative estimate of drug-likeness (QED) is 0.665. The Labute approximate surface area is 176 Å². The van der Waals surface area contributed by atoms with Crippen molar-refractivity contribution in [1.82, 2.24) is 5.32 Å². The molecular formula is C25H39NO3. The molecule has 1 saturated carbocycles. The highest BCUT2D eigenvalue weighted by atomic mass is 16.6. The number of methoxy groups -OCH3 is 1. The van der Waals surface area contributed by atoms with Crippen molar-refractivity contribution in [3.63, 3.8) is 0 Å². The summed E-state index contributed by atoms with van der Waals surface area (Å²) in [6, 6.07) is 4.71. The van der Waals surface area contributed by atoms with Gasteiger partial charge in [0.2, 0.25) is 0 Å². The van der Waals surface area contributed by atoms with Crippen LogP contribution in [-0.2, 0) is 16.6 Å². The zero-order valence-corrected chi connectivity index (χ0v) is 19.4. The number of fused-ring (bicyclic) bond motifs is 4. The summed E-state index contributed by atoms with van der Waals surface area (Å²) in [4.78, 5) is 12.7. The first kappa shape index (κ1) is 22.0. The predicted octanol–water partition coefficient (Wildman–Crippen LogP) is 6.11. The van der Waals surface area contributed by atoms with Gasteiger partial charge in [0.25, 0.3) is 0 Å². The van der Waals surface area contributed by atoms with Gasteiger partial charge in [-0.25, -0.2) is 4.79 Å². The van der Waals surface area contributed by atoms with Crippen molar-refractivity contribution in [2.45, 2.75) is 103 Å². The van der Waals surface area contributed by atoms with Crippen molar-refractivity contribution in [3.8, 4) is 5.75 Å². The van der Waals surface area contributed by atoms with Gasteiger partial charge in [0.15, 0.2) is 0 Å². The molecule has 0 aliphatic heterocycles. The van der Waals surface area contributed by atoms with E-state index < -0.39 is 5.60 Å². The molecule has 0 heterocycles. The molecular weight excluding hydrogens is 362 g/mol. The molecule has 0 spiro atoms. The van der Waals surface area contributed by atoms with Crippen LogP contribution in [0.25, 0.3) is 0 Å². The maximum atomic E-state index is 12.7. The van der Waals surface area contributed by atoms with Crippen molar-refractivity contribution in [1.29, 1.82) is 0 Å². The molecule has 1 N–H and O–H groups in total. The number of hydrogen-bond acceptors (Lipinski definition) is 3. The summed E-state index contributed by atoms with van der Waals surface area (Å²) in [6.45, 7) is 12.5. The summed E-state index contributed by atoms with van der Waals surface area (Å²) in [6.07, 6.45) is 6.61. The molecule has 3 unspecified atom stereocenters. The van der Waals surface area contributed by atoms with E-state index in [1.165, 1.54) is 36.0 Å². The minimum absolute atomic E-state index is 0.0831. The number of benzene rings is 1. The third-order valence-corrected chi connectivity index (χ3v) is 6.78. The second kappa shape index (κ2) is 8.20. The van der Waals surface area contributed by atoms with Gasteiger partial charge in [-0.05, 0) is 74.6 Å². The highest BCUT2D eigenvalue weighted by Crippen LogP contribution is 2.48. The molecule has 1 fully saturated rings. The smallest absolute Gasteiger partial charge is 0.407 e. The fourth-order valence-corrected chi connectivity index (χ4v) is 5.41. The van der Waals surface area contributed by atoms with E-state index in [9.17, 15) is 4.79 Å². The van der Waals surface area contributed by atoms with Crippen molar-refractivity contribution in [2.24, 2.45) is 5.92 Å². The van der Waals surface area contributed by atoms with Gasteiger partial charge in [-0.15, -0.1) is 0 Å². The Morgan fingerprint density at radius 3 is 2.55 bits per heavy atom. The minimum atomic E-state index is -0.491. The molecule has 4 nitrogen and oxygen atoms in total. The van der Waals surface area contributed by atoms with E-state index in [1.807, 2.05) is 20.8 Å². The van der Waals surface area contributed by atoms with E-state index >= 15 is 0 Å². The minimum Gasteiger partial charge on any atom is -0.496 e. The number of carbonyl (C=O) groups excluding carboxylic acids is 1. The van der Waals surface area contributed by atoms with Gasteiger partial charge < -0.3 is 14.8 Å². The highest BCUT2D eigenvalue weighted by molar-refractivity contribution is 5.69. The lowest BCUT2D eigenvalue weighted by atomic mass is 9.59. The van der Waals surface area contributed by atoms with Crippen LogP contribution in [-0.4, -0.2) is 24.8 Å². The van der Waals surface area contributed by atoms with Gasteiger partial charge in [-0.3, -0.25) is 0 Å². The number of rotatable bonds is 3. The summed E-state index contributed by atoms with van der Waals surface area (Å²) in [5.74, 6) is 1.83. The SMILES string of the molecule is COc1cc2c(cc1C(C)C)CC1CCCCCC2(C)C1NC(=O)OC(C)(C)C. The van der Waals surface area contributed by atoms with Crippen LogP contribution in [0.2, 0.25) is 0 Å². The Kier molecular flexibility index (Phi) is 6.21. The molecule has 4 heteroatoms. The zero-order valence-electron chi connectivity index (χ0n) is 19.4. The van der Waals surface area contributed by atoms with Gasteiger partial charge >= 0.3 is 6.09 Å². The Morgan fingerprint density at radius 2 is 1.93 bits per heavy atom. The molecule has 0 radical (unpaired) electrons. The van der Waals surface area contributed by atoms with Gasteiger partial charge in [0.1, 0.15) is 11.4 Å². The largest absolute Gasteiger partial charge is 0.496 e. The standard InChI is InChI=1S/C25H39NO3/c1-16(2)19-14-18-13-17-11-9-8-10-12-25(6,20(18)15-21(19)28-7)22(17)26-23(27)29-24(3,4)5/h14-17,22H,8-13H2,1-7H3,(H,26,27). The Balaban J connectivity index is 2.04. The molecule has 2 aliphatic carbocycles. The average molecular weight is 402 g/mol. The highest BCUT2D eigenvalue weighted by Gasteiger charge is 2.47. The van der Waals surface area contributed by atoms with Gasteiger partial charge in [0, 0.05) is 11.5 Å². The molecule has 2 aliphatic rings. The monoisotopic (exact) mass is 401 g/mol. The molecule has 0 saturated heterocycles. The zero-order chi connectivity index (χ0) is 21.4. The van der Waals surface area contributed by atoms with Gasteiger partial charge in [-0.2, -0.15) is 0 Å². The number of hydrogen-bond donors (Lipinski definition) is 1. The number of alkyl carbamates (subject to hydrolysis) is 1. The molecule has 162 valence electrons. The Hall–Kier alpha value is -1.71.